The van der Waals surface area contributed by atoms with E-state index in [1.807, 2.05) is 0 Å². The van der Waals surface area contributed by atoms with Gasteiger partial charge in [-0.3, -0.25) is 20.2 Å². The molecule has 0 N–H and O–H groups in total. The Balaban J connectivity index is 3.23. The van der Waals surface area contributed by atoms with Gasteiger partial charge in [0.25, 0.3) is 11.4 Å². The fourth-order valence-electron chi connectivity index (χ4n) is 1.37. The third kappa shape index (κ3) is 2.90. The summed E-state index contributed by atoms with van der Waals surface area (Å²) in [5, 5.41) is 31.7. The van der Waals surface area contributed by atoms with Gasteiger partial charge in [0, 0.05) is 13.1 Å². The standard InChI is InChI=1S/C9H9N3O6/c1-10(5-9(13)14)7-3-2-6(11(15)16)4-8(7)12(17)18/h2-4H,5H2,1H3,(H,13,14)/p-1. The van der Waals surface area contributed by atoms with Gasteiger partial charge < -0.3 is 14.8 Å². The van der Waals surface area contributed by atoms with E-state index in [1.165, 1.54) is 7.05 Å². The summed E-state index contributed by atoms with van der Waals surface area (Å²) in [6, 6.07) is 2.97. The Kier molecular flexibility index (Phi) is 3.77. The number of carboxylic acid groups (broad SMARTS) is 1. The van der Waals surface area contributed by atoms with Crippen molar-refractivity contribution in [1.82, 2.24) is 0 Å². The van der Waals surface area contributed by atoms with Crippen LogP contribution in [0.5, 0.6) is 0 Å². The number of carbonyl (C=O) groups excluding carboxylic acids is 1. The van der Waals surface area contributed by atoms with Gasteiger partial charge in [-0.25, -0.2) is 0 Å². The number of likely N-dealkylation sites (N-methyl/N-ethyl adjacent to an activating group) is 1. The number of nitrogens with zero attached hydrogens (tertiary/aromatic N) is 3. The van der Waals surface area contributed by atoms with Crippen LogP contribution in [0, 0.1) is 20.2 Å². The van der Waals surface area contributed by atoms with Crippen molar-refractivity contribution in [2.24, 2.45) is 0 Å². The number of nitro benzene ring substituents is 2. The van der Waals surface area contributed by atoms with Gasteiger partial charge in [0.1, 0.15) is 5.69 Å². The first-order valence-corrected chi connectivity index (χ1v) is 4.66. The lowest BCUT2D eigenvalue weighted by atomic mass is 10.2. The second-order valence-corrected chi connectivity index (χ2v) is 3.42. The molecular formula is C9H8N3O6-. The third-order valence-electron chi connectivity index (χ3n) is 2.14. The van der Waals surface area contributed by atoms with Gasteiger partial charge in [0.2, 0.25) is 0 Å². The minimum atomic E-state index is -1.41. The number of aliphatic carboxylic acids is 1. The number of rotatable bonds is 5. The maximum absolute atomic E-state index is 10.8. The number of carbonyl (C=O) groups is 1. The van der Waals surface area contributed by atoms with Crippen LogP contribution >= 0.6 is 0 Å². The molecule has 0 aliphatic carbocycles. The molecule has 9 heteroatoms. The van der Waals surface area contributed by atoms with Crippen molar-refractivity contribution < 1.29 is 19.7 Å². The number of benzene rings is 1. The Bertz CT molecular complexity index is 515. The first kappa shape index (κ1) is 13.4. The summed E-state index contributed by atoms with van der Waals surface area (Å²) in [5.74, 6) is -1.41. The van der Waals surface area contributed by atoms with Crippen LogP contribution in [0.25, 0.3) is 0 Å². The number of hydrogen-bond acceptors (Lipinski definition) is 7. The number of nitro groups is 2. The highest BCUT2D eigenvalue weighted by Crippen LogP contribution is 2.31. The van der Waals surface area contributed by atoms with E-state index in [2.05, 4.69) is 0 Å². The molecule has 0 amide bonds. The van der Waals surface area contributed by atoms with E-state index in [1.54, 1.807) is 0 Å². The van der Waals surface area contributed by atoms with E-state index < -0.39 is 33.7 Å². The molecule has 9 nitrogen and oxygen atoms in total. The quantitative estimate of drug-likeness (QED) is 0.520. The predicted octanol–water partition coefficient (Wildman–Crippen LogP) is -0.311. The molecule has 0 unspecified atom stereocenters. The molecule has 0 aliphatic heterocycles. The van der Waals surface area contributed by atoms with Gasteiger partial charge in [-0.1, -0.05) is 0 Å². The maximum atomic E-state index is 10.8. The minimum Gasteiger partial charge on any atom is -0.548 e. The lowest BCUT2D eigenvalue weighted by Crippen LogP contribution is -2.36. The highest BCUT2D eigenvalue weighted by Gasteiger charge is 2.21. The Morgan fingerprint density at radius 2 is 1.89 bits per heavy atom. The molecule has 0 radical (unpaired) electrons. The van der Waals surface area contributed by atoms with Crippen molar-refractivity contribution in [3.63, 3.8) is 0 Å². The zero-order valence-electron chi connectivity index (χ0n) is 9.23. The summed E-state index contributed by atoms with van der Waals surface area (Å²) in [4.78, 5) is 31.2. The molecule has 0 bridgehead atoms. The third-order valence-corrected chi connectivity index (χ3v) is 2.14. The average molecular weight is 254 g/mol. The molecule has 0 atom stereocenters. The minimum absolute atomic E-state index is 0.0326. The largest absolute Gasteiger partial charge is 0.548 e. The molecule has 0 heterocycles. The van der Waals surface area contributed by atoms with E-state index in [0.717, 1.165) is 23.1 Å². The Morgan fingerprint density at radius 3 is 2.33 bits per heavy atom. The van der Waals surface area contributed by atoms with Crippen LogP contribution in [0.15, 0.2) is 18.2 Å². The van der Waals surface area contributed by atoms with Gasteiger partial charge >= 0.3 is 0 Å². The lowest BCUT2D eigenvalue weighted by molar-refractivity contribution is -0.393. The van der Waals surface area contributed by atoms with E-state index in [4.69, 9.17) is 0 Å². The Hall–Kier alpha value is -2.71. The van der Waals surface area contributed by atoms with Gasteiger partial charge in [0.15, 0.2) is 0 Å². The fourth-order valence-corrected chi connectivity index (χ4v) is 1.37. The van der Waals surface area contributed by atoms with Crippen molar-refractivity contribution in [2.75, 3.05) is 18.5 Å². The summed E-state index contributed by atoms with van der Waals surface area (Å²) in [7, 11) is 1.31. The molecule has 18 heavy (non-hydrogen) atoms. The van der Waals surface area contributed by atoms with Crippen molar-refractivity contribution in [2.45, 2.75) is 0 Å². The highest BCUT2D eigenvalue weighted by atomic mass is 16.6. The molecule has 0 aromatic heterocycles. The van der Waals surface area contributed by atoms with Crippen LogP contribution < -0.4 is 10.0 Å². The summed E-state index contributed by atoms with van der Waals surface area (Å²) < 4.78 is 0. The van der Waals surface area contributed by atoms with Gasteiger partial charge in [-0.15, -0.1) is 0 Å². The molecule has 1 rings (SSSR count). The summed E-state index contributed by atoms with van der Waals surface area (Å²) in [5.41, 5.74) is -1.00. The molecule has 0 spiro atoms. The zero-order chi connectivity index (χ0) is 13.9. The monoisotopic (exact) mass is 254 g/mol. The maximum Gasteiger partial charge on any atom is 0.299 e. The van der Waals surface area contributed by atoms with E-state index in [0.29, 0.717) is 0 Å². The van der Waals surface area contributed by atoms with Crippen LogP contribution in [0.1, 0.15) is 0 Å². The van der Waals surface area contributed by atoms with Crippen LogP contribution in [0.3, 0.4) is 0 Å². The van der Waals surface area contributed by atoms with Crippen LogP contribution in [0.4, 0.5) is 17.1 Å². The smallest absolute Gasteiger partial charge is 0.299 e. The first-order valence-electron chi connectivity index (χ1n) is 4.66. The van der Waals surface area contributed by atoms with Gasteiger partial charge in [-0.2, -0.15) is 0 Å². The second-order valence-electron chi connectivity index (χ2n) is 3.42. The lowest BCUT2D eigenvalue weighted by Gasteiger charge is -2.19. The van der Waals surface area contributed by atoms with E-state index in [-0.39, 0.29) is 5.69 Å². The molecule has 0 saturated heterocycles. The van der Waals surface area contributed by atoms with Crippen LogP contribution in [-0.4, -0.2) is 29.4 Å². The molecular weight excluding hydrogens is 246 g/mol. The summed E-state index contributed by atoms with van der Waals surface area (Å²) >= 11 is 0. The topological polar surface area (TPSA) is 130 Å². The van der Waals surface area contributed by atoms with Crippen molar-refractivity contribution in [3.8, 4) is 0 Å². The zero-order valence-corrected chi connectivity index (χ0v) is 9.23. The normalized spacial score (nSPS) is 9.83. The molecule has 96 valence electrons. The Labute approximate surface area is 101 Å². The number of carboxylic acids is 1. The van der Waals surface area contributed by atoms with Crippen molar-refractivity contribution in [3.05, 3.63) is 38.4 Å². The molecule has 0 fully saturated rings. The van der Waals surface area contributed by atoms with Gasteiger partial charge in [0.05, 0.1) is 28.4 Å². The van der Waals surface area contributed by atoms with Gasteiger partial charge in [-0.05, 0) is 6.07 Å². The number of hydrogen-bond donors (Lipinski definition) is 0. The van der Waals surface area contributed by atoms with Crippen molar-refractivity contribution in [1.29, 1.82) is 0 Å². The van der Waals surface area contributed by atoms with Crippen LogP contribution in [0.2, 0.25) is 0 Å². The number of anilines is 1. The van der Waals surface area contributed by atoms with E-state index in [9.17, 15) is 30.1 Å². The molecule has 1 aromatic rings. The number of non-ortho nitro benzene ring substituents is 1. The van der Waals surface area contributed by atoms with E-state index >= 15 is 0 Å². The molecule has 0 saturated carbocycles. The average Bonchev–Trinajstić information content (AvgIpc) is 2.26. The second kappa shape index (κ2) is 5.08. The fraction of sp³-hybridized carbons (Fsp3) is 0.222. The van der Waals surface area contributed by atoms with Crippen LogP contribution in [-0.2, 0) is 4.79 Å². The molecule has 0 aliphatic rings. The SMILES string of the molecule is CN(CC(=O)[O-])c1ccc([N+](=O)[O-])cc1[N+](=O)[O-]. The van der Waals surface area contributed by atoms with Crippen molar-refractivity contribution >= 4 is 23.0 Å². The molecule has 1 aromatic carbocycles. The first-order chi connectivity index (χ1) is 8.32. The Morgan fingerprint density at radius 1 is 1.28 bits per heavy atom. The predicted molar refractivity (Wildman–Crippen MR) is 58.0 cm³/mol. The highest BCUT2D eigenvalue weighted by molar-refractivity contribution is 5.75. The summed E-state index contributed by atoms with van der Waals surface area (Å²) in [6.07, 6.45) is 0. The summed E-state index contributed by atoms with van der Waals surface area (Å²) in [6.45, 7) is -0.557.